The van der Waals surface area contributed by atoms with Gasteiger partial charge in [-0.25, -0.2) is 0 Å². The van der Waals surface area contributed by atoms with Crippen molar-refractivity contribution in [2.75, 3.05) is 0 Å². The number of pyridine rings is 1. The van der Waals surface area contributed by atoms with E-state index in [9.17, 15) is 0 Å². The van der Waals surface area contributed by atoms with Crippen LogP contribution in [0.5, 0.6) is 0 Å². The van der Waals surface area contributed by atoms with E-state index in [2.05, 4.69) is 20.9 Å². The van der Waals surface area contributed by atoms with E-state index < -0.39 is 0 Å². The first-order valence-electron chi connectivity index (χ1n) is 2.36. The first-order chi connectivity index (χ1) is 4.20. The molecular formula is C7H4BrN. The third kappa shape index (κ3) is 1.52. The van der Waals surface area contributed by atoms with Crippen LogP contribution in [-0.2, 0) is 0 Å². The summed E-state index contributed by atoms with van der Waals surface area (Å²) in [6, 6.07) is 1.71. The SMILES string of the molecule is [CH]c1cc(Br)cnc1[CH]. The van der Waals surface area contributed by atoms with E-state index in [-0.39, 0.29) is 0 Å². The fourth-order valence-corrected chi connectivity index (χ4v) is 0.815. The van der Waals surface area contributed by atoms with Crippen molar-refractivity contribution in [3.63, 3.8) is 0 Å². The van der Waals surface area contributed by atoms with Crippen LogP contribution in [0.1, 0.15) is 11.3 Å². The van der Waals surface area contributed by atoms with E-state index in [1.54, 1.807) is 12.3 Å². The van der Waals surface area contributed by atoms with Gasteiger partial charge >= 0.3 is 0 Å². The molecule has 0 bridgehead atoms. The molecule has 0 fully saturated rings. The van der Waals surface area contributed by atoms with Gasteiger partial charge in [-0.1, -0.05) is 0 Å². The zero-order chi connectivity index (χ0) is 6.85. The average Bonchev–Trinajstić information content (AvgIpc) is 1.80. The summed E-state index contributed by atoms with van der Waals surface area (Å²) in [5.41, 5.74) is 0.877. The molecule has 0 spiro atoms. The minimum atomic E-state index is 0.373. The molecule has 0 aliphatic heterocycles. The van der Waals surface area contributed by atoms with Crippen LogP contribution in [0.3, 0.4) is 0 Å². The molecule has 0 amide bonds. The van der Waals surface area contributed by atoms with E-state index in [1.165, 1.54) is 0 Å². The Labute approximate surface area is 63.2 Å². The quantitative estimate of drug-likeness (QED) is 0.597. The minimum absolute atomic E-state index is 0.373. The molecule has 0 N–H and O–H groups in total. The molecule has 0 aliphatic carbocycles. The van der Waals surface area contributed by atoms with Crippen molar-refractivity contribution in [1.29, 1.82) is 0 Å². The maximum atomic E-state index is 5.40. The molecule has 1 aromatic rings. The molecule has 9 heavy (non-hydrogen) atoms. The van der Waals surface area contributed by atoms with Crippen LogP contribution in [0.15, 0.2) is 16.7 Å². The lowest BCUT2D eigenvalue weighted by molar-refractivity contribution is 1.23. The Morgan fingerprint density at radius 3 is 2.56 bits per heavy atom. The standard InChI is InChI=1S/C7H4BrN/c1-5-3-7(8)4-9-6(5)2/h1-4H. The monoisotopic (exact) mass is 181 g/mol. The van der Waals surface area contributed by atoms with Gasteiger partial charge in [-0.05, 0) is 27.6 Å². The highest BCUT2D eigenvalue weighted by molar-refractivity contribution is 9.10. The molecule has 44 valence electrons. The second-order valence-corrected chi connectivity index (χ2v) is 2.54. The first kappa shape index (κ1) is 6.75. The lowest BCUT2D eigenvalue weighted by Gasteiger charge is -1.95. The first-order valence-corrected chi connectivity index (χ1v) is 3.16. The smallest absolute Gasteiger partial charge is 0.0484 e. The molecule has 0 saturated heterocycles. The molecule has 0 saturated carbocycles. The van der Waals surface area contributed by atoms with E-state index in [1.807, 2.05) is 0 Å². The Kier molecular flexibility index (Phi) is 1.86. The van der Waals surface area contributed by atoms with Crippen molar-refractivity contribution in [2.45, 2.75) is 0 Å². The molecule has 0 unspecified atom stereocenters. The normalized spacial score (nSPS) is 9.67. The molecule has 0 aromatic carbocycles. The van der Waals surface area contributed by atoms with Crippen molar-refractivity contribution in [1.82, 2.24) is 4.98 Å². The van der Waals surface area contributed by atoms with Crippen LogP contribution < -0.4 is 0 Å². The molecule has 1 nitrogen and oxygen atoms in total. The topological polar surface area (TPSA) is 12.9 Å². The van der Waals surface area contributed by atoms with Gasteiger partial charge in [0.25, 0.3) is 0 Å². The molecule has 1 aromatic heterocycles. The number of halogens is 1. The third-order valence-electron chi connectivity index (χ3n) is 0.916. The number of nitrogens with zero attached hydrogens (tertiary/aromatic N) is 1. The van der Waals surface area contributed by atoms with Gasteiger partial charge in [0.1, 0.15) is 0 Å². The zero-order valence-electron chi connectivity index (χ0n) is 4.63. The maximum Gasteiger partial charge on any atom is 0.0484 e. The lowest BCUT2D eigenvalue weighted by atomic mass is 10.2. The minimum Gasteiger partial charge on any atom is -0.259 e. The van der Waals surface area contributed by atoms with Gasteiger partial charge in [0.15, 0.2) is 0 Å². The second kappa shape index (κ2) is 2.48. The number of aromatic nitrogens is 1. The summed E-state index contributed by atoms with van der Waals surface area (Å²) < 4.78 is 0.842. The van der Waals surface area contributed by atoms with Gasteiger partial charge in [0.2, 0.25) is 0 Å². The highest BCUT2D eigenvalue weighted by Crippen LogP contribution is 2.11. The summed E-state index contributed by atoms with van der Waals surface area (Å²) in [4.78, 5) is 3.78. The van der Waals surface area contributed by atoms with E-state index in [0.717, 1.165) is 4.47 Å². The van der Waals surface area contributed by atoms with E-state index in [0.29, 0.717) is 11.3 Å². The van der Waals surface area contributed by atoms with Crippen LogP contribution in [0.4, 0.5) is 0 Å². The second-order valence-electron chi connectivity index (χ2n) is 1.63. The molecular weight excluding hydrogens is 178 g/mol. The molecule has 2 heteroatoms. The fraction of sp³-hybridized carbons (Fsp3) is 0. The highest BCUT2D eigenvalue weighted by atomic mass is 79.9. The number of hydrogen-bond donors (Lipinski definition) is 0. The van der Waals surface area contributed by atoms with Crippen LogP contribution in [0.2, 0.25) is 0 Å². The average molecular weight is 182 g/mol. The van der Waals surface area contributed by atoms with Crippen molar-refractivity contribution < 1.29 is 0 Å². The third-order valence-corrected chi connectivity index (χ3v) is 1.35. The summed E-state index contributed by atoms with van der Waals surface area (Å²) in [5, 5.41) is 0. The highest BCUT2D eigenvalue weighted by Gasteiger charge is 1.92. The van der Waals surface area contributed by atoms with Crippen molar-refractivity contribution in [3.8, 4) is 0 Å². The predicted molar refractivity (Wildman–Crippen MR) is 38.7 cm³/mol. The number of rotatable bonds is 0. The van der Waals surface area contributed by atoms with Gasteiger partial charge in [-0.15, -0.1) is 0 Å². The van der Waals surface area contributed by atoms with Gasteiger partial charge < -0.3 is 0 Å². The van der Waals surface area contributed by atoms with E-state index in [4.69, 9.17) is 13.8 Å². The summed E-state index contributed by atoms with van der Waals surface area (Å²) in [5.74, 6) is 0. The van der Waals surface area contributed by atoms with E-state index >= 15 is 0 Å². The molecule has 1 rings (SSSR count). The van der Waals surface area contributed by atoms with Crippen molar-refractivity contribution >= 4 is 15.9 Å². The Bertz CT molecular complexity index is 220. The van der Waals surface area contributed by atoms with Gasteiger partial charge in [-0.2, -0.15) is 0 Å². The molecule has 1 heterocycles. The van der Waals surface area contributed by atoms with Crippen molar-refractivity contribution in [2.24, 2.45) is 0 Å². The molecule has 4 radical (unpaired) electrons. The Balaban J connectivity index is 3.17. The van der Waals surface area contributed by atoms with Crippen LogP contribution in [0, 0.1) is 13.8 Å². The summed E-state index contributed by atoms with van der Waals surface area (Å²) >= 11 is 3.20. The lowest BCUT2D eigenvalue weighted by Crippen LogP contribution is -1.83. The van der Waals surface area contributed by atoms with Crippen molar-refractivity contribution in [3.05, 3.63) is 41.8 Å². The van der Waals surface area contributed by atoms with Crippen LogP contribution in [0.25, 0.3) is 0 Å². The number of hydrogen-bond acceptors (Lipinski definition) is 1. The van der Waals surface area contributed by atoms with Gasteiger partial charge in [0.05, 0.1) is 0 Å². The molecule has 0 aliphatic rings. The predicted octanol–water partition coefficient (Wildman–Crippen LogP) is 1.96. The zero-order valence-corrected chi connectivity index (χ0v) is 6.22. The van der Waals surface area contributed by atoms with Crippen LogP contribution >= 0.6 is 15.9 Å². The maximum absolute atomic E-state index is 5.40. The largest absolute Gasteiger partial charge is 0.259 e. The van der Waals surface area contributed by atoms with Gasteiger partial charge in [-0.3, -0.25) is 4.98 Å². The summed E-state index contributed by atoms with van der Waals surface area (Å²) in [6.07, 6.45) is 1.60. The summed E-state index contributed by atoms with van der Waals surface area (Å²) in [6.45, 7) is 10.7. The Hall–Kier alpha value is -0.370. The van der Waals surface area contributed by atoms with Crippen LogP contribution in [-0.4, -0.2) is 4.98 Å². The Morgan fingerprint density at radius 1 is 1.44 bits per heavy atom. The Morgan fingerprint density at radius 2 is 2.11 bits per heavy atom. The molecule has 0 atom stereocenters. The van der Waals surface area contributed by atoms with Gasteiger partial charge in [0, 0.05) is 30.2 Å². The summed E-state index contributed by atoms with van der Waals surface area (Å²) in [7, 11) is 0. The fourth-order valence-electron chi connectivity index (χ4n) is 0.466.